The number of aromatic nitrogens is 2. The van der Waals surface area contributed by atoms with Gasteiger partial charge in [-0.15, -0.1) is 0 Å². The van der Waals surface area contributed by atoms with Crippen molar-refractivity contribution in [3.05, 3.63) is 95.9 Å². The van der Waals surface area contributed by atoms with Crippen LogP contribution in [-0.2, 0) is 22.8 Å². The van der Waals surface area contributed by atoms with Crippen LogP contribution in [0.1, 0.15) is 25.0 Å². The van der Waals surface area contributed by atoms with Gasteiger partial charge in [0.15, 0.2) is 9.84 Å². The van der Waals surface area contributed by atoms with Gasteiger partial charge in [0.05, 0.1) is 4.90 Å². The van der Waals surface area contributed by atoms with Crippen molar-refractivity contribution in [3.8, 4) is 22.4 Å². The summed E-state index contributed by atoms with van der Waals surface area (Å²) in [4.78, 5) is 0.263. The third-order valence-corrected chi connectivity index (χ3v) is 6.39. The van der Waals surface area contributed by atoms with Gasteiger partial charge in [-0.1, -0.05) is 62.4 Å². The van der Waals surface area contributed by atoms with Crippen LogP contribution in [0.2, 0.25) is 0 Å². The number of nitrogens with zero attached hydrogens (tertiary/aromatic N) is 2. The first-order valence-corrected chi connectivity index (χ1v) is 12.9. The predicted octanol–water partition coefficient (Wildman–Crippen LogP) is 6.34. The molecule has 0 saturated heterocycles. The second-order valence-corrected chi connectivity index (χ2v) is 9.67. The van der Waals surface area contributed by atoms with Crippen molar-refractivity contribution < 1.29 is 12.8 Å². The van der Waals surface area contributed by atoms with Crippen LogP contribution in [0.4, 0.5) is 4.39 Å². The Hall–Kier alpha value is -3.25. The Labute approximate surface area is 195 Å². The highest BCUT2D eigenvalue weighted by atomic mass is 32.2. The molecule has 4 rings (SSSR count). The Kier molecular flexibility index (Phi) is 7.82. The largest absolute Gasteiger partial charge is 0.271 e. The van der Waals surface area contributed by atoms with Gasteiger partial charge in [-0.2, -0.15) is 5.10 Å². The maximum absolute atomic E-state index is 13.8. The van der Waals surface area contributed by atoms with Gasteiger partial charge in [-0.3, -0.25) is 4.68 Å². The lowest BCUT2D eigenvalue weighted by Crippen LogP contribution is -2.02. The summed E-state index contributed by atoms with van der Waals surface area (Å²) in [6.45, 7) is 6.43. The fourth-order valence-electron chi connectivity index (χ4n) is 3.52. The molecule has 0 atom stereocenters. The molecule has 0 fully saturated rings. The standard InChI is InChI=1S/C25H23FN2O2S.C2H6/c1-18-16-21(10-13-24(18)26)23-17-28(15-14-19-6-4-3-5-7-19)27-25(23)20-8-11-22(12-9-20)31(2,29)30;1-2/h3-13,16-17H,14-15H2,1-2H3;1-2H3. The lowest BCUT2D eigenvalue weighted by molar-refractivity contribution is 0.602. The van der Waals surface area contributed by atoms with Crippen molar-refractivity contribution in [2.24, 2.45) is 0 Å². The molecule has 0 saturated carbocycles. The molecule has 4 nitrogen and oxygen atoms in total. The topological polar surface area (TPSA) is 52.0 Å². The second kappa shape index (κ2) is 10.6. The molecular weight excluding hydrogens is 435 g/mol. The number of hydrogen-bond donors (Lipinski definition) is 0. The van der Waals surface area contributed by atoms with Crippen molar-refractivity contribution in [3.63, 3.8) is 0 Å². The molecule has 33 heavy (non-hydrogen) atoms. The van der Waals surface area contributed by atoms with E-state index in [9.17, 15) is 12.8 Å². The first-order chi connectivity index (χ1) is 15.8. The van der Waals surface area contributed by atoms with Crippen LogP contribution in [-0.4, -0.2) is 24.5 Å². The van der Waals surface area contributed by atoms with E-state index in [0.717, 1.165) is 28.8 Å². The summed E-state index contributed by atoms with van der Waals surface area (Å²) in [5, 5.41) is 4.79. The van der Waals surface area contributed by atoms with Crippen LogP contribution in [0.3, 0.4) is 0 Å². The zero-order chi connectivity index (χ0) is 24.0. The Morgan fingerprint density at radius 2 is 1.55 bits per heavy atom. The molecule has 4 aromatic rings. The quantitative estimate of drug-likeness (QED) is 0.335. The molecule has 0 radical (unpaired) electrons. The smallest absolute Gasteiger partial charge is 0.175 e. The minimum Gasteiger partial charge on any atom is -0.271 e. The van der Waals surface area contributed by atoms with Crippen LogP contribution in [0, 0.1) is 12.7 Å². The summed E-state index contributed by atoms with van der Waals surface area (Å²) < 4.78 is 39.3. The van der Waals surface area contributed by atoms with E-state index in [1.807, 2.05) is 49.0 Å². The SMILES string of the molecule is CC.Cc1cc(-c2cn(CCc3ccccc3)nc2-c2ccc(S(C)(=O)=O)cc2)ccc1F. The summed E-state index contributed by atoms with van der Waals surface area (Å²) in [6, 6.07) is 21.9. The van der Waals surface area contributed by atoms with Crippen molar-refractivity contribution in [2.75, 3.05) is 6.26 Å². The zero-order valence-electron chi connectivity index (χ0n) is 19.4. The van der Waals surface area contributed by atoms with Gasteiger partial charge in [-0.05, 0) is 54.3 Å². The Balaban J connectivity index is 0.00000149. The van der Waals surface area contributed by atoms with Crippen molar-refractivity contribution in [1.82, 2.24) is 9.78 Å². The summed E-state index contributed by atoms with van der Waals surface area (Å²) in [7, 11) is -3.28. The van der Waals surface area contributed by atoms with E-state index in [1.165, 1.54) is 17.9 Å². The Morgan fingerprint density at radius 3 is 2.15 bits per heavy atom. The first kappa shape index (κ1) is 24.4. The minimum absolute atomic E-state index is 0.251. The van der Waals surface area contributed by atoms with E-state index in [2.05, 4.69) is 12.1 Å². The summed E-state index contributed by atoms with van der Waals surface area (Å²) in [5.74, 6) is -0.251. The van der Waals surface area contributed by atoms with Crippen molar-refractivity contribution in [2.45, 2.75) is 38.6 Å². The highest BCUT2D eigenvalue weighted by Crippen LogP contribution is 2.32. The normalized spacial score (nSPS) is 11.1. The summed E-state index contributed by atoms with van der Waals surface area (Å²) >= 11 is 0. The highest BCUT2D eigenvalue weighted by Gasteiger charge is 2.15. The molecular formula is C27H29FN2O2S. The van der Waals surface area contributed by atoms with Crippen molar-refractivity contribution >= 4 is 9.84 Å². The second-order valence-electron chi connectivity index (χ2n) is 7.65. The number of halogens is 1. The van der Waals surface area contributed by atoms with Crippen LogP contribution in [0.15, 0.2) is 83.9 Å². The van der Waals surface area contributed by atoms with Crippen molar-refractivity contribution in [1.29, 1.82) is 0 Å². The fourth-order valence-corrected chi connectivity index (χ4v) is 4.15. The lowest BCUT2D eigenvalue weighted by Gasteiger charge is -2.06. The van der Waals surface area contributed by atoms with E-state index in [1.54, 1.807) is 37.3 Å². The molecule has 3 aromatic carbocycles. The van der Waals surface area contributed by atoms with E-state index >= 15 is 0 Å². The molecule has 0 spiro atoms. The monoisotopic (exact) mass is 464 g/mol. The van der Waals surface area contributed by atoms with E-state index < -0.39 is 9.84 Å². The van der Waals surface area contributed by atoms with Crippen LogP contribution < -0.4 is 0 Å². The number of aryl methyl sites for hydroxylation is 3. The molecule has 1 heterocycles. The summed E-state index contributed by atoms with van der Waals surface area (Å²) in [6.07, 6.45) is 3.99. The van der Waals surface area contributed by atoms with Crippen LogP contribution in [0.25, 0.3) is 22.4 Å². The molecule has 0 N–H and O–H groups in total. The van der Waals surface area contributed by atoms with Crippen LogP contribution >= 0.6 is 0 Å². The third kappa shape index (κ3) is 5.96. The minimum atomic E-state index is -3.28. The molecule has 0 amide bonds. The van der Waals surface area contributed by atoms with Gasteiger partial charge in [0, 0.05) is 30.1 Å². The summed E-state index contributed by atoms with van der Waals surface area (Å²) in [5.41, 5.74) is 5.07. The molecule has 0 unspecified atom stereocenters. The maximum atomic E-state index is 13.8. The molecule has 172 valence electrons. The van der Waals surface area contributed by atoms with Gasteiger partial charge < -0.3 is 0 Å². The highest BCUT2D eigenvalue weighted by molar-refractivity contribution is 7.90. The number of benzene rings is 3. The van der Waals surface area contributed by atoms with Gasteiger partial charge in [0.2, 0.25) is 0 Å². The third-order valence-electron chi connectivity index (χ3n) is 5.26. The molecule has 0 aliphatic heterocycles. The van der Waals surface area contributed by atoms with Gasteiger partial charge >= 0.3 is 0 Å². The number of rotatable bonds is 6. The van der Waals surface area contributed by atoms with E-state index in [0.29, 0.717) is 12.1 Å². The maximum Gasteiger partial charge on any atom is 0.175 e. The van der Waals surface area contributed by atoms with Gasteiger partial charge in [0.25, 0.3) is 0 Å². The fraction of sp³-hybridized carbons (Fsp3) is 0.222. The Bertz CT molecular complexity index is 1310. The zero-order valence-corrected chi connectivity index (χ0v) is 20.2. The number of sulfone groups is 1. The van der Waals surface area contributed by atoms with Crippen LogP contribution in [0.5, 0.6) is 0 Å². The molecule has 6 heteroatoms. The van der Waals surface area contributed by atoms with Gasteiger partial charge in [0.1, 0.15) is 11.5 Å². The first-order valence-electron chi connectivity index (χ1n) is 11.0. The van der Waals surface area contributed by atoms with E-state index in [-0.39, 0.29) is 10.7 Å². The average molecular weight is 465 g/mol. The predicted molar refractivity (Wildman–Crippen MR) is 132 cm³/mol. The Morgan fingerprint density at radius 1 is 0.909 bits per heavy atom. The molecule has 0 aliphatic rings. The van der Waals surface area contributed by atoms with E-state index in [4.69, 9.17) is 5.10 Å². The van der Waals surface area contributed by atoms with Gasteiger partial charge in [-0.25, -0.2) is 12.8 Å². The molecule has 0 aliphatic carbocycles. The average Bonchev–Trinajstić information content (AvgIpc) is 3.25. The number of hydrogen-bond acceptors (Lipinski definition) is 3. The molecule has 1 aromatic heterocycles. The lowest BCUT2D eigenvalue weighted by atomic mass is 10.0. The molecule has 0 bridgehead atoms.